The van der Waals surface area contributed by atoms with Gasteiger partial charge in [0.1, 0.15) is 0 Å². The zero-order valence-corrected chi connectivity index (χ0v) is 24.6. The van der Waals surface area contributed by atoms with E-state index in [1.807, 2.05) is 0 Å². The van der Waals surface area contributed by atoms with E-state index in [0.717, 1.165) is 0 Å². The van der Waals surface area contributed by atoms with Crippen LogP contribution in [0.15, 0.2) is 12.2 Å². The summed E-state index contributed by atoms with van der Waals surface area (Å²) >= 11 is 0. The molecular weight excluding hydrogens is 447 g/mol. The first-order chi connectivity index (χ1) is 15.5. The number of carbonyl (C=O) groups is 1. The standard InChI is InChI=1S/C29H58O2P.ClH/c1-6-9-12-15-18-21-24-32(27-31-29(30)28(4)5,25-22-19-16-13-10-7-2)26-23-20-17-14-11-8-3;/h4,6-27H2,1-3,5H3;1H/q+1;/p-1. The van der Waals surface area contributed by atoms with Crippen LogP contribution < -0.4 is 12.4 Å². The number of unbranched alkanes of at least 4 members (excludes halogenated alkanes) is 15. The summed E-state index contributed by atoms with van der Waals surface area (Å²) in [5.41, 5.74) is 0.543. The van der Waals surface area contributed by atoms with E-state index in [4.69, 9.17) is 4.74 Å². The van der Waals surface area contributed by atoms with Crippen molar-refractivity contribution in [3.63, 3.8) is 0 Å². The Kier molecular flexibility index (Phi) is 26.6. The van der Waals surface area contributed by atoms with Crippen LogP contribution in [0, 0.1) is 0 Å². The fraction of sp³-hybridized carbons (Fsp3) is 0.897. The molecule has 0 aromatic heterocycles. The maximum Gasteiger partial charge on any atom is 0.336 e. The van der Waals surface area contributed by atoms with Crippen LogP contribution in [-0.2, 0) is 9.53 Å². The first kappa shape index (κ1) is 35.1. The van der Waals surface area contributed by atoms with Gasteiger partial charge in [-0.2, -0.15) is 0 Å². The van der Waals surface area contributed by atoms with Crippen molar-refractivity contribution in [1.82, 2.24) is 0 Å². The monoisotopic (exact) mass is 504 g/mol. The molecule has 0 unspecified atom stereocenters. The van der Waals surface area contributed by atoms with Crippen LogP contribution >= 0.6 is 7.26 Å². The van der Waals surface area contributed by atoms with Crippen LogP contribution in [0.1, 0.15) is 143 Å². The number of halogens is 1. The van der Waals surface area contributed by atoms with E-state index in [2.05, 4.69) is 27.4 Å². The Hall–Kier alpha value is -0.0700. The molecular formula is C29H58ClO2P. The Labute approximate surface area is 215 Å². The van der Waals surface area contributed by atoms with Gasteiger partial charge in [0.25, 0.3) is 0 Å². The molecule has 0 amide bonds. The predicted molar refractivity (Wildman–Crippen MR) is 147 cm³/mol. The van der Waals surface area contributed by atoms with Gasteiger partial charge in [-0.25, -0.2) is 4.79 Å². The molecule has 0 aliphatic carbocycles. The largest absolute Gasteiger partial charge is 1.00 e. The second-order valence-corrected chi connectivity index (χ2v) is 14.4. The summed E-state index contributed by atoms with van der Waals surface area (Å²) in [7, 11) is -1.24. The van der Waals surface area contributed by atoms with Gasteiger partial charge in [-0.3, -0.25) is 0 Å². The third kappa shape index (κ3) is 21.0. The average molecular weight is 505 g/mol. The fourth-order valence-electron chi connectivity index (χ4n) is 4.53. The van der Waals surface area contributed by atoms with Crippen LogP contribution in [-0.4, -0.2) is 30.8 Å². The summed E-state index contributed by atoms with van der Waals surface area (Å²) in [6.45, 7) is 12.4. The minimum Gasteiger partial charge on any atom is -1.00 e. The molecule has 0 spiro atoms. The Morgan fingerprint density at radius 2 is 0.909 bits per heavy atom. The van der Waals surface area contributed by atoms with E-state index in [1.54, 1.807) is 6.92 Å². The van der Waals surface area contributed by atoms with Crippen molar-refractivity contribution >= 4 is 13.2 Å². The first-order valence-corrected chi connectivity index (χ1v) is 16.7. The van der Waals surface area contributed by atoms with Crippen molar-refractivity contribution in [3.8, 4) is 0 Å². The minimum atomic E-state index is -1.24. The van der Waals surface area contributed by atoms with Crippen LogP contribution in [0.25, 0.3) is 0 Å². The van der Waals surface area contributed by atoms with Crippen LogP contribution in [0.5, 0.6) is 0 Å². The van der Waals surface area contributed by atoms with E-state index in [1.165, 1.54) is 134 Å². The molecule has 0 aliphatic rings. The molecule has 0 atom stereocenters. The zero-order chi connectivity index (χ0) is 23.9. The third-order valence-electron chi connectivity index (χ3n) is 6.78. The summed E-state index contributed by atoms with van der Waals surface area (Å²) in [5, 5.41) is 0. The lowest BCUT2D eigenvalue weighted by Gasteiger charge is -2.27. The second kappa shape index (κ2) is 25.0. The highest BCUT2D eigenvalue weighted by Crippen LogP contribution is 2.61. The molecule has 198 valence electrons. The van der Waals surface area contributed by atoms with Gasteiger partial charge in [0, 0.05) is 5.57 Å². The van der Waals surface area contributed by atoms with Gasteiger partial charge in [0.15, 0.2) is 6.35 Å². The van der Waals surface area contributed by atoms with Gasteiger partial charge in [-0.1, -0.05) is 104 Å². The molecule has 0 radical (unpaired) electrons. The SMILES string of the molecule is C=C(C)C(=O)OC[P+](CCCCCCCC)(CCCCCCCC)CCCCCCCC.[Cl-]. The van der Waals surface area contributed by atoms with Gasteiger partial charge >= 0.3 is 5.97 Å². The van der Waals surface area contributed by atoms with Crippen LogP contribution in [0.2, 0.25) is 0 Å². The van der Waals surface area contributed by atoms with Crippen molar-refractivity contribution in [2.75, 3.05) is 24.8 Å². The van der Waals surface area contributed by atoms with Gasteiger partial charge in [-0.05, 0) is 45.4 Å². The zero-order valence-electron chi connectivity index (χ0n) is 22.9. The molecule has 33 heavy (non-hydrogen) atoms. The normalized spacial score (nSPS) is 11.3. The number of hydrogen-bond donors (Lipinski definition) is 0. The Balaban J connectivity index is 0. The van der Waals surface area contributed by atoms with Gasteiger partial charge in [0.2, 0.25) is 0 Å². The van der Waals surface area contributed by atoms with Crippen molar-refractivity contribution in [2.24, 2.45) is 0 Å². The topological polar surface area (TPSA) is 26.3 Å². The molecule has 0 aromatic rings. The quantitative estimate of drug-likeness (QED) is 0.0602. The average Bonchev–Trinajstić information content (AvgIpc) is 2.78. The van der Waals surface area contributed by atoms with E-state index in [9.17, 15) is 4.79 Å². The molecule has 0 aromatic carbocycles. The lowest BCUT2D eigenvalue weighted by molar-refractivity contribution is -0.136. The summed E-state index contributed by atoms with van der Waals surface area (Å²) in [4.78, 5) is 12.2. The van der Waals surface area contributed by atoms with Gasteiger partial charge < -0.3 is 17.1 Å². The van der Waals surface area contributed by atoms with Crippen molar-refractivity contribution in [3.05, 3.63) is 12.2 Å². The van der Waals surface area contributed by atoms with Crippen LogP contribution in [0.4, 0.5) is 0 Å². The highest BCUT2D eigenvalue weighted by atomic mass is 35.5. The molecule has 0 saturated carbocycles. The number of carbonyl (C=O) groups excluding carboxylic acids is 1. The number of ether oxygens (including phenoxy) is 1. The Morgan fingerprint density at radius 1 is 0.606 bits per heavy atom. The fourth-order valence-corrected chi connectivity index (χ4v) is 8.66. The molecule has 0 N–H and O–H groups in total. The molecule has 0 aliphatic heterocycles. The molecule has 0 heterocycles. The first-order valence-electron chi connectivity index (χ1n) is 14.2. The molecule has 0 saturated heterocycles. The van der Waals surface area contributed by atoms with E-state index in [-0.39, 0.29) is 18.4 Å². The maximum absolute atomic E-state index is 12.2. The maximum atomic E-state index is 12.2. The molecule has 2 nitrogen and oxygen atoms in total. The lowest BCUT2D eigenvalue weighted by Crippen LogP contribution is -3.00. The number of hydrogen-bond acceptors (Lipinski definition) is 2. The molecule has 4 heteroatoms. The summed E-state index contributed by atoms with van der Waals surface area (Å²) < 4.78 is 5.87. The molecule has 0 fully saturated rings. The van der Waals surface area contributed by atoms with E-state index in [0.29, 0.717) is 11.9 Å². The highest BCUT2D eigenvalue weighted by molar-refractivity contribution is 7.75. The number of esters is 1. The van der Waals surface area contributed by atoms with E-state index >= 15 is 0 Å². The summed E-state index contributed by atoms with van der Waals surface area (Å²) in [6.07, 6.45) is 29.0. The number of rotatable bonds is 24. The van der Waals surface area contributed by atoms with Gasteiger partial charge in [0.05, 0.1) is 25.7 Å². The Bertz CT molecular complexity index is 412. The van der Waals surface area contributed by atoms with Crippen molar-refractivity contribution < 1.29 is 21.9 Å². The second-order valence-electron chi connectivity index (χ2n) is 10.2. The summed E-state index contributed by atoms with van der Waals surface area (Å²) in [6, 6.07) is 0. The summed E-state index contributed by atoms with van der Waals surface area (Å²) in [5.74, 6) is -0.178. The third-order valence-corrected chi connectivity index (χ3v) is 11.2. The molecule has 0 rings (SSSR count). The van der Waals surface area contributed by atoms with Crippen LogP contribution in [0.3, 0.4) is 0 Å². The van der Waals surface area contributed by atoms with Gasteiger partial charge in [-0.15, -0.1) is 0 Å². The Morgan fingerprint density at radius 3 is 1.21 bits per heavy atom. The smallest absolute Gasteiger partial charge is 0.336 e. The lowest BCUT2D eigenvalue weighted by atomic mass is 10.1. The predicted octanol–water partition coefficient (Wildman–Crippen LogP) is 7.17. The van der Waals surface area contributed by atoms with E-state index < -0.39 is 7.26 Å². The van der Waals surface area contributed by atoms with Crippen molar-refractivity contribution in [1.29, 1.82) is 0 Å². The molecule has 0 bridgehead atoms. The minimum absolute atomic E-state index is 0. The van der Waals surface area contributed by atoms with Crippen molar-refractivity contribution in [2.45, 2.75) is 143 Å². The highest BCUT2D eigenvalue weighted by Gasteiger charge is 2.37.